The quantitative estimate of drug-likeness (QED) is 0.519. The van der Waals surface area contributed by atoms with Crippen molar-refractivity contribution in [2.75, 3.05) is 13.2 Å². The first-order valence-corrected chi connectivity index (χ1v) is 12.6. The van der Waals surface area contributed by atoms with Gasteiger partial charge in [0.05, 0.1) is 36.9 Å². The summed E-state index contributed by atoms with van der Waals surface area (Å²) in [5, 5.41) is 12.3. The number of carbonyl (C=O) groups is 2. The summed E-state index contributed by atoms with van der Waals surface area (Å²) in [6, 6.07) is -0.172. The van der Waals surface area contributed by atoms with Gasteiger partial charge in [-0.2, -0.15) is 0 Å². The Morgan fingerprint density at radius 3 is 2.31 bits per heavy atom. The van der Waals surface area contributed by atoms with Crippen molar-refractivity contribution in [3.63, 3.8) is 0 Å². The Morgan fingerprint density at radius 2 is 1.85 bits per heavy atom. The molecule has 1 amide bonds. The molecule has 0 spiro atoms. The normalized spacial score (nSPS) is 27.7. The molecule has 2 unspecified atom stereocenters. The number of ketones is 1. The van der Waals surface area contributed by atoms with Crippen LogP contribution in [0.4, 0.5) is 0 Å². The minimum Gasteiger partial charge on any atom is -0.413 e. The van der Waals surface area contributed by atoms with Crippen LogP contribution in [0.2, 0.25) is 18.1 Å². The third-order valence-corrected chi connectivity index (χ3v) is 11.0. The maximum atomic E-state index is 12.4. The lowest BCUT2D eigenvalue weighted by Crippen LogP contribution is -2.73. The van der Waals surface area contributed by atoms with Crippen LogP contribution in [-0.2, 0) is 18.8 Å². The summed E-state index contributed by atoms with van der Waals surface area (Å²) in [5.74, 6) is -0.0536. The lowest BCUT2D eigenvalue weighted by Gasteiger charge is -2.53. The number of hydrogen-bond donors (Lipinski definition) is 2. The Labute approximate surface area is 158 Å². The first-order valence-electron chi connectivity index (χ1n) is 9.68. The molecule has 2 N–H and O–H groups in total. The molecular formula is C19H35NO5Si. The van der Waals surface area contributed by atoms with Gasteiger partial charge in [0.2, 0.25) is 5.91 Å². The first kappa shape index (κ1) is 21.5. The van der Waals surface area contributed by atoms with Gasteiger partial charge in [0.25, 0.3) is 0 Å². The number of amides is 1. The molecule has 0 aromatic rings. The summed E-state index contributed by atoms with van der Waals surface area (Å²) in [6.07, 6.45) is 1.88. The van der Waals surface area contributed by atoms with E-state index in [0.717, 1.165) is 0 Å². The molecule has 3 atom stereocenters. The van der Waals surface area contributed by atoms with Gasteiger partial charge in [-0.25, -0.2) is 0 Å². The van der Waals surface area contributed by atoms with Crippen molar-refractivity contribution in [2.24, 2.45) is 5.92 Å². The molecule has 1 saturated carbocycles. The van der Waals surface area contributed by atoms with E-state index in [1.165, 1.54) is 0 Å². The summed E-state index contributed by atoms with van der Waals surface area (Å²) >= 11 is 0. The zero-order valence-electron chi connectivity index (χ0n) is 17.1. The molecule has 26 heavy (non-hydrogen) atoms. The maximum absolute atomic E-state index is 12.4. The lowest BCUT2D eigenvalue weighted by atomic mass is 9.69. The van der Waals surface area contributed by atoms with Gasteiger partial charge in [-0.3, -0.25) is 9.59 Å². The van der Waals surface area contributed by atoms with Crippen LogP contribution in [0.1, 0.15) is 53.4 Å². The van der Waals surface area contributed by atoms with Crippen LogP contribution in [0.5, 0.6) is 0 Å². The number of aliphatic hydroxyl groups is 1. The lowest BCUT2D eigenvalue weighted by molar-refractivity contribution is -0.170. The van der Waals surface area contributed by atoms with Crippen molar-refractivity contribution in [1.82, 2.24) is 5.32 Å². The molecule has 2 rings (SSSR count). The number of rotatable bonds is 7. The largest absolute Gasteiger partial charge is 0.413 e. The van der Waals surface area contributed by atoms with Crippen LogP contribution in [0.3, 0.4) is 0 Å². The molecule has 1 saturated heterocycles. The molecule has 1 aliphatic heterocycles. The molecule has 2 fully saturated rings. The van der Waals surface area contributed by atoms with Crippen LogP contribution >= 0.6 is 0 Å². The van der Waals surface area contributed by atoms with Gasteiger partial charge in [-0.1, -0.05) is 20.8 Å². The summed E-state index contributed by atoms with van der Waals surface area (Å²) in [5.41, 5.74) is -0.583. The third-order valence-electron chi connectivity index (χ3n) is 6.45. The monoisotopic (exact) mass is 385 g/mol. The SMILES string of the molecule is C[C@@H](O[Si](C)(C)C(C)(C)C)C1C(=O)NC1C1(OCCO)CCC(=O)CC1. The van der Waals surface area contributed by atoms with E-state index >= 15 is 0 Å². The van der Waals surface area contributed by atoms with Gasteiger partial charge in [0, 0.05) is 12.8 Å². The molecule has 2 aliphatic rings. The van der Waals surface area contributed by atoms with E-state index in [2.05, 4.69) is 39.2 Å². The second-order valence-electron chi connectivity index (χ2n) is 9.27. The highest BCUT2D eigenvalue weighted by molar-refractivity contribution is 6.74. The number of Topliss-reactive ketones (excluding diaryl/α,β-unsaturated/α-hetero) is 1. The van der Waals surface area contributed by atoms with Crippen molar-refractivity contribution >= 4 is 20.0 Å². The highest BCUT2D eigenvalue weighted by Crippen LogP contribution is 2.43. The van der Waals surface area contributed by atoms with Gasteiger partial charge >= 0.3 is 0 Å². The zero-order chi connectivity index (χ0) is 19.8. The second kappa shape index (κ2) is 7.70. The standard InChI is InChI=1S/C19H35NO5Si/c1-13(25-26(5,6)18(2,3)4)15-16(20-17(15)23)19(24-12-11-21)9-7-14(22)8-10-19/h13,15-16,21H,7-12H2,1-6H3,(H,20,23)/t13-,15?,16?/m1/s1. The van der Waals surface area contributed by atoms with Crippen LogP contribution in [0, 0.1) is 5.92 Å². The predicted octanol–water partition coefficient (Wildman–Crippen LogP) is 2.40. The highest BCUT2D eigenvalue weighted by atomic mass is 28.4. The van der Waals surface area contributed by atoms with Gasteiger partial charge in [-0.05, 0) is 37.9 Å². The molecule has 150 valence electrons. The Balaban J connectivity index is 2.17. The van der Waals surface area contributed by atoms with Crippen molar-refractivity contribution in [2.45, 2.75) is 89.3 Å². The van der Waals surface area contributed by atoms with Gasteiger partial charge in [0.1, 0.15) is 5.78 Å². The first-order chi connectivity index (χ1) is 11.9. The number of carbonyl (C=O) groups excluding carboxylic acids is 2. The van der Waals surface area contributed by atoms with Gasteiger partial charge in [-0.15, -0.1) is 0 Å². The summed E-state index contributed by atoms with van der Waals surface area (Å²) in [6.45, 7) is 13.0. The Hall–Kier alpha value is -0.763. The van der Waals surface area contributed by atoms with Crippen LogP contribution < -0.4 is 5.32 Å². The third kappa shape index (κ3) is 4.21. The van der Waals surface area contributed by atoms with E-state index < -0.39 is 13.9 Å². The molecule has 0 radical (unpaired) electrons. The summed E-state index contributed by atoms with van der Waals surface area (Å²) < 4.78 is 12.5. The highest BCUT2D eigenvalue weighted by Gasteiger charge is 2.57. The fourth-order valence-corrected chi connectivity index (χ4v) is 5.23. The van der Waals surface area contributed by atoms with Crippen LogP contribution in [0.25, 0.3) is 0 Å². The molecule has 0 bridgehead atoms. The van der Waals surface area contributed by atoms with Crippen molar-refractivity contribution in [1.29, 1.82) is 0 Å². The van der Waals surface area contributed by atoms with Crippen molar-refractivity contribution < 1.29 is 23.9 Å². The summed E-state index contributed by atoms with van der Waals surface area (Å²) in [7, 11) is -2.00. The van der Waals surface area contributed by atoms with E-state index in [9.17, 15) is 14.7 Å². The van der Waals surface area contributed by atoms with E-state index in [-0.39, 0.29) is 48.0 Å². The van der Waals surface area contributed by atoms with E-state index in [1.807, 2.05) is 6.92 Å². The smallest absolute Gasteiger partial charge is 0.228 e. The topological polar surface area (TPSA) is 84.9 Å². The van der Waals surface area contributed by atoms with Crippen molar-refractivity contribution in [3.05, 3.63) is 0 Å². The predicted molar refractivity (Wildman–Crippen MR) is 102 cm³/mol. The van der Waals surface area contributed by atoms with Gasteiger partial charge < -0.3 is 19.6 Å². The van der Waals surface area contributed by atoms with E-state index in [4.69, 9.17) is 9.16 Å². The minimum atomic E-state index is -2.00. The van der Waals surface area contributed by atoms with Gasteiger partial charge in [0.15, 0.2) is 8.32 Å². The number of β-lactam (4-membered cyclic amide) rings is 1. The van der Waals surface area contributed by atoms with E-state index in [0.29, 0.717) is 25.7 Å². The minimum absolute atomic E-state index is 0.00918. The Kier molecular flexibility index (Phi) is 6.37. The average Bonchev–Trinajstić information content (AvgIpc) is 2.51. The molecule has 1 aliphatic carbocycles. The van der Waals surface area contributed by atoms with Crippen molar-refractivity contribution in [3.8, 4) is 0 Å². The fourth-order valence-electron chi connectivity index (χ4n) is 3.80. The molecule has 7 heteroatoms. The molecule has 1 heterocycles. The van der Waals surface area contributed by atoms with Crippen LogP contribution in [0.15, 0.2) is 0 Å². The average molecular weight is 386 g/mol. The number of hydrogen-bond acceptors (Lipinski definition) is 5. The van der Waals surface area contributed by atoms with Crippen LogP contribution in [-0.4, -0.2) is 56.1 Å². The number of aliphatic hydroxyl groups excluding tert-OH is 1. The molecular weight excluding hydrogens is 350 g/mol. The fraction of sp³-hybridized carbons (Fsp3) is 0.895. The Bertz CT molecular complexity index is 533. The second-order valence-corrected chi connectivity index (χ2v) is 14.0. The zero-order valence-corrected chi connectivity index (χ0v) is 18.1. The Morgan fingerprint density at radius 1 is 1.27 bits per heavy atom. The molecule has 0 aromatic heterocycles. The van der Waals surface area contributed by atoms with E-state index in [1.54, 1.807) is 0 Å². The summed E-state index contributed by atoms with van der Waals surface area (Å²) in [4.78, 5) is 24.1. The maximum Gasteiger partial charge on any atom is 0.228 e. The number of ether oxygens (including phenoxy) is 1. The molecule has 0 aromatic carbocycles. The number of nitrogens with one attached hydrogen (secondary N) is 1. The molecule has 6 nitrogen and oxygen atoms in total.